The van der Waals surface area contributed by atoms with E-state index in [4.69, 9.17) is 9.52 Å². The van der Waals surface area contributed by atoms with Crippen LogP contribution in [0, 0.1) is 18.8 Å². The van der Waals surface area contributed by atoms with Gasteiger partial charge in [-0.05, 0) is 11.6 Å². The largest absolute Gasteiger partial charge is 0.416 e. The Hall–Kier alpha value is -1.77. The van der Waals surface area contributed by atoms with Crippen LogP contribution in [0.2, 0.25) is 0 Å². The van der Waals surface area contributed by atoms with E-state index >= 15 is 0 Å². The number of aliphatic hydroxyl groups is 1. The second-order valence-electron chi connectivity index (χ2n) is 3.81. The fourth-order valence-corrected chi connectivity index (χ4v) is 2.27. The molecule has 0 atom stereocenters. The Balaban J connectivity index is 2.06. The van der Waals surface area contributed by atoms with Crippen LogP contribution < -0.4 is 0 Å². The molecule has 0 bridgehead atoms. The number of benzene rings is 1. The van der Waals surface area contributed by atoms with Crippen molar-refractivity contribution in [2.75, 3.05) is 6.61 Å². The predicted molar refractivity (Wildman–Crippen MR) is 73.6 cm³/mol. The second-order valence-corrected chi connectivity index (χ2v) is 4.73. The number of aromatic nitrogens is 2. The van der Waals surface area contributed by atoms with Gasteiger partial charge in [0.15, 0.2) is 0 Å². The van der Waals surface area contributed by atoms with E-state index in [0.717, 1.165) is 16.9 Å². The molecule has 5 heteroatoms. The fourth-order valence-electron chi connectivity index (χ4n) is 1.46. The highest BCUT2D eigenvalue weighted by Gasteiger charge is 2.05. The first-order valence-corrected chi connectivity index (χ1v) is 6.88. The smallest absolute Gasteiger partial charge is 0.276 e. The molecule has 0 unspecified atom stereocenters. The molecule has 1 aromatic heterocycles. The lowest BCUT2D eigenvalue weighted by Gasteiger charge is -2.01. The summed E-state index contributed by atoms with van der Waals surface area (Å²) < 4.78 is 5.32. The number of hydrogen-bond donors (Lipinski definition) is 1. The van der Waals surface area contributed by atoms with Gasteiger partial charge in [0.25, 0.3) is 5.22 Å². The van der Waals surface area contributed by atoms with Crippen molar-refractivity contribution in [1.82, 2.24) is 10.2 Å². The summed E-state index contributed by atoms with van der Waals surface area (Å²) in [6, 6.07) is 7.93. The number of thioether (sulfide) groups is 1. The number of nitrogens with zero attached hydrogens (tertiary/aromatic N) is 2. The first-order valence-electron chi connectivity index (χ1n) is 5.90. The predicted octanol–water partition coefficient (Wildman–Crippen LogP) is 2.40. The first kappa shape index (κ1) is 13.7. The molecule has 0 amide bonds. The van der Waals surface area contributed by atoms with Crippen LogP contribution in [0.4, 0.5) is 0 Å². The minimum atomic E-state index is 0.0885. The fraction of sp³-hybridized carbons (Fsp3) is 0.286. The van der Waals surface area contributed by atoms with Crippen molar-refractivity contribution in [1.29, 1.82) is 0 Å². The molecule has 1 N–H and O–H groups in total. The normalized spacial score (nSPS) is 10.0. The molecule has 0 saturated carbocycles. The van der Waals surface area contributed by atoms with Crippen LogP contribution >= 0.6 is 11.8 Å². The summed E-state index contributed by atoms with van der Waals surface area (Å²) in [6.45, 7) is 1.86. The molecule has 0 radical (unpaired) electrons. The van der Waals surface area contributed by atoms with Crippen molar-refractivity contribution >= 4 is 11.8 Å². The Kier molecular flexibility index (Phi) is 5.01. The zero-order chi connectivity index (χ0) is 13.5. The average molecular weight is 274 g/mol. The van der Waals surface area contributed by atoms with Crippen molar-refractivity contribution < 1.29 is 9.52 Å². The Bertz CT molecular complexity index is 599. The molecular formula is C14H14N2O2S. The van der Waals surface area contributed by atoms with Crippen molar-refractivity contribution in [3.63, 3.8) is 0 Å². The van der Waals surface area contributed by atoms with E-state index in [0.29, 0.717) is 17.5 Å². The van der Waals surface area contributed by atoms with Gasteiger partial charge in [0.1, 0.15) is 0 Å². The zero-order valence-corrected chi connectivity index (χ0v) is 11.4. The van der Waals surface area contributed by atoms with E-state index in [-0.39, 0.29) is 6.61 Å². The molecule has 2 aromatic rings. The molecule has 2 rings (SSSR count). The van der Waals surface area contributed by atoms with E-state index in [1.54, 1.807) is 6.92 Å². The van der Waals surface area contributed by atoms with Gasteiger partial charge in [-0.15, -0.1) is 10.2 Å². The third-order valence-electron chi connectivity index (χ3n) is 2.34. The lowest BCUT2D eigenvalue weighted by molar-refractivity contribution is 0.305. The Morgan fingerprint density at radius 2 is 2.16 bits per heavy atom. The Labute approximate surface area is 116 Å². The molecule has 0 spiro atoms. The number of aryl methyl sites for hydroxylation is 1. The molecule has 19 heavy (non-hydrogen) atoms. The van der Waals surface area contributed by atoms with Gasteiger partial charge in [-0.25, -0.2) is 0 Å². The van der Waals surface area contributed by atoms with Gasteiger partial charge in [0.2, 0.25) is 5.89 Å². The van der Waals surface area contributed by atoms with Crippen LogP contribution in [0.1, 0.15) is 23.4 Å². The van der Waals surface area contributed by atoms with Gasteiger partial charge in [-0.2, -0.15) is 0 Å². The maximum Gasteiger partial charge on any atom is 0.276 e. The third kappa shape index (κ3) is 4.12. The molecule has 4 nitrogen and oxygen atoms in total. The van der Waals surface area contributed by atoms with E-state index < -0.39 is 0 Å². The zero-order valence-electron chi connectivity index (χ0n) is 10.6. The quantitative estimate of drug-likeness (QED) is 0.685. The van der Waals surface area contributed by atoms with Crippen LogP contribution in [0.5, 0.6) is 0 Å². The molecular weight excluding hydrogens is 260 g/mol. The van der Waals surface area contributed by atoms with Gasteiger partial charge in [-0.1, -0.05) is 41.8 Å². The van der Waals surface area contributed by atoms with E-state index in [1.807, 2.05) is 24.3 Å². The molecule has 0 aliphatic rings. The van der Waals surface area contributed by atoms with Gasteiger partial charge in [0.05, 0.1) is 6.61 Å². The van der Waals surface area contributed by atoms with Gasteiger partial charge < -0.3 is 9.52 Å². The molecule has 0 fully saturated rings. The average Bonchev–Trinajstić information content (AvgIpc) is 2.84. The van der Waals surface area contributed by atoms with Crippen LogP contribution in [0.15, 0.2) is 33.9 Å². The summed E-state index contributed by atoms with van der Waals surface area (Å²) in [5.74, 6) is 7.29. The summed E-state index contributed by atoms with van der Waals surface area (Å²) in [5.41, 5.74) is 2.09. The molecule has 1 heterocycles. The van der Waals surface area contributed by atoms with Crippen LogP contribution in [-0.2, 0) is 5.75 Å². The van der Waals surface area contributed by atoms with Crippen LogP contribution in [0.25, 0.3) is 0 Å². The minimum absolute atomic E-state index is 0.0885. The van der Waals surface area contributed by atoms with Gasteiger partial charge in [-0.3, -0.25) is 0 Å². The SMILES string of the molecule is Cc1nnc(SCc2ccccc2C#CCCO)o1. The maximum atomic E-state index is 8.73. The Morgan fingerprint density at radius 1 is 1.32 bits per heavy atom. The highest BCUT2D eigenvalue weighted by molar-refractivity contribution is 7.98. The monoisotopic (exact) mass is 274 g/mol. The molecule has 0 saturated heterocycles. The molecule has 0 aliphatic carbocycles. The summed E-state index contributed by atoms with van der Waals surface area (Å²) in [5, 5.41) is 17.0. The first-order chi connectivity index (χ1) is 9.29. The number of hydrogen-bond acceptors (Lipinski definition) is 5. The highest BCUT2D eigenvalue weighted by Crippen LogP contribution is 2.22. The summed E-state index contributed by atoms with van der Waals surface area (Å²) in [7, 11) is 0. The second kappa shape index (κ2) is 6.98. The van der Waals surface area contributed by atoms with Crippen molar-refractivity contribution in [2.45, 2.75) is 24.3 Å². The number of aliphatic hydroxyl groups excluding tert-OH is 1. The summed E-state index contributed by atoms with van der Waals surface area (Å²) in [6.07, 6.45) is 0.490. The number of rotatable bonds is 4. The molecule has 0 aliphatic heterocycles. The molecule has 1 aromatic carbocycles. The van der Waals surface area contributed by atoms with E-state index in [9.17, 15) is 0 Å². The van der Waals surface area contributed by atoms with Crippen molar-refractivity contribution in [3.8, 4) is 11.8 Å². The standard InChI is InChI=1S/C14H14N2O2S/c1-11-15-16-14(18-11)19-10-13-8-3-2-6-12(13)7-4-5-9-17/h2-3,6,8,17H,5,9-10H2,1H3. The summed E-state index contributed by atoms with van der Waals surface area (Å²) in [4.78, 5) is 0. The van der Waals surface area contributed by atoms with Crippen molar-refractivity contribution in [2.24, 2.45) is 0 Å². The maximum absolute atomic E-state index is 8.73. The highest BCUT2D eigenvalue weighted by atomic mass is 32.2. The van der Waals surface area contributed by atoms with E-state index in [1.165, 1.54) is 11.8 Å². The van der Waals surface area contributed by atoms with Crippen LogP contribution in [-0.4, -0.2) is 21.9 Å². The van der Waals surface area contributed by atoms with E-state index in [2.05, 4.69) is 22.0 Å². The lowest BCUT2D eigenvalue weighted by Crippen LogP contribution is -1.87. The topological polar surface area (TPSA) is 59.2 Å². The van der Waals surface area contributed by atoms with Gasteiger partial charge >= 0.3 is 0 Å². The van der Waals surface area contributed by atoms with Crippen molar-refractivity contribution in [3.05, 3.63) is 41.3 Å². The Morgan fingerprint density at radius 3 is 2.89 bits per heavy atom. The lowest BCUT2D eigenvalue weighted by atomic mass is 10.1. The minimum Gasteiger partial charge on any atom is -0.416 e. The summed E-state index contributed by atoms with van der Waals surface area (Å²) >= 11 is 1.49. The van der Waals surface area contributed by atoms with Crippen LogP contribution in [0.3, 0.4) is 0 Å². The molecule has 98 valence electrons. The third-order valence-corrected chi connectivity index (χ3v) is 3.20. The van der Waals surface area contributed by atoms with Gasteiger partial charge in [0, 0.05) is 24.7 Å².